The van der Waals surface area contributed by atoms with Crippen molar-refractivity contribution in [2.24, 2.45) is 0 Å². The van der Waals surface area contributed by atoms with Crippen LogP contribution in [0, 0.1) is 6.92 Å². The molecule has 1 atom stereocenters. The average Bonchev–Trinajstić information content (AvgIpc) is 2.82. The molecule has 2 aromatic rings. The van der Waals surface area contributed by atoms with E-state index in [-0.39, 0.29) is 6.04 Å². The van der Waals surface area contributed by atoms with Crippen LogP contribution in [0.4, 0.5) is 0 Å². The van der Waals surface area contributed by atoms with E-state index in [2.05, 4.69) is 43.4 Å². The number of aliphatic hydroxyl groups is 1. The highest BCUT2D eigenvalue weighted by Crippen LogP contribution is 2.34. The third-order valence-corrected chi connectivity index (χ3v) is 5.78. The lowest BCUT2D eigenvalue weighted by molar-refractivity contribution is 0.0304. The molecule has 1 unspecified atom stereocenters. The van der Waals surface area contributed by atoms with Crippen LogP contribution in [0.5, 0.6) is 0 Å². The van der Waals surface area contributed by atoms with Crippen molar-refractivity contribution in [3.63, 3.8) is 0 Å². The molecule has 0 radical (unpaired) electrons. The zero-order valence-electron chi connectivity index (χ0n) is 12.9. The first-order valence-corrected chi connectivity index (χ1v) is 8.26. The highest BCUT2D eigenvalue weighted by molar-refractivity contribution is 7.19. The summed E-state index contributed by atoms with van der Waals surface area (Å²) in [6.07, 6.45) is 1.57. The highest BCUT2D eigenvalue weighted by atomic mass is 32.1. The Bertz CT molecular complexity index is 571. The van der Waals surface area contributed by atoms with Crippen molar-refractivity contribution in [3.05, 3.63) is 34.7 Å². The second-order valence-corrected chi connectivity index (χ2v) is 6.71. The summed E-state index contributed by atoms with van der Waals surface area (Å²) in [5.41, 5.74) is 0.779. The van der Waals surface area contributed by atoms with Crippen molar-refractivity contribution in [2.45, 2.75) is 52.2 Å². The normalized spacial score (nSPS) is 13.8. The Kier molecular flexibility index (Phi) is 4.84. The molecule has 0 bridgehead atoms. The predicted octanol–water partition coefficient (Wildman–Crippen LogP) is 4.41. The van der Waals surface area contributed by atoms with Crippen LogP contribution in [-0.4, -0.2) is 17.3 Å². The molecule has 2 nitrogen and oxygen atoms in total. The number of hydrogen-bond donors (Lipinski definition) is 2. The Morgan fingerprint density at radius 1 is 1.25 bits per heavy atom. The summed E-state index contributed by atoms with van der Waals surface area (Å²) in [5.74, 6) is 0. The summed E-state index contributed by atoms with van der Waals surface area (Å²) in [7, 11) is 0. The Hall–Kier alpha value is -0.900. The van der Waals surface area contributed by atoms with E-state index >= 15 is 0 Å². The third kappa shape index (κ3) is 3.05. The molecule has 2 N–H and O–H groups in total. The molecule has 0 aliphatic rings. The van der Waals surface area contributed by atoms with E-state index in [1.54, 1.807) is 0 Å². The molecule has 1 aromatic carbocycles. The Morgan fingerprint density at radius 3 is 2.50 bits per heavy atom. The van der Waals surface area contributed by atoms with Crippen molar-refractivity contribution in [3.8, 4) is 0 Å². The van der Waals surface area contributed by atoms with Crippen LogP contribution < -0.4 is 5.32 Å². The molecule has 0 amide bonds. The average molecular weight is 291 g/mol. The van der Waals surface area contributed by atoms with Crippen molar-refractivity contribution in [1.29, 1.82) is 0 Å². The molecule has 1 aromatic heterocycles. The molecule has 0 fully saturated rings. The standard InChI is InChI=1S/C17H25NOS/c1-5-17(19,6-2)11-18-13(4)16-12(3)14-9-7-8-10-15(14)20-16/h7-10,13,18-19H,5-6,11H2,1-4H3. The zero-order chi connectivity index (χ0) is 14.8. The molecular weight excluding hydrogens is 266 g/mol. The third-order valence-electron chi connectivity index (χ3n) is 4.33. The topological polar surface area (TPSA) is 32.3 Å². The Morgan fingerprint density at radius 2 is 1.90 bits per heavy atom. The minimum atomic E-state index is -0.584. The molecule has 3 heteroatoms. The van der Waals surface area contributed by atoms with Crippen LogP contribution in [0.15, 0.2) is 24.3 Å². The number of thiophene rings is 1. The lowest BCUT2D eigenvalue weighted by atomic mass is 9.97. The summed E-state index contributed by atoms with van der Waals surface area (Å²) >= 11 is 1.85. The second-order valence-electron chi connectivity index (χ2n) is 5.62. The quantitative estimate of drug-likeness (QED) is 0.826. The van der Waals surface area contributed by atoms with Gasteiger partial charge in [0.05, 0.1) is 5.60 Å². The fraction of sp³-hybridized carbons (Fsp3) is 0.529. The summed E-state index contributed by atoms with van der Waals surface area (Å²) < 4.78 is 1.34. The molecular formula is C17H25NOS. The molecule has 0 saturated carbocycles. The largest absolute Gasteiger partial charge is 0.389 e. The number of hydrogen-bond acceptors (Lipinski definition) is 3. The van der Waals surface area contributed by atoms with Crippen LogP contribution in [0.2, 0.25) is 0 Å². The van der Waals surface area contributed by atoms with Gasteiger partial charge in [-0.3, -0.25) is 0 Å². The van der Waals surface area contributed by atoms with Gasteiger partial charge < -0.3 is 10.4 Å². The fourth-order valence-corrected chi connectivity index (χ4v) is 3.78. The number of benzene rings is 1. The SMILES string of the molecule is CCC(O)(CC)CNC(C)c1sc2ccccc2c1C. The summed E-state index contributed by atoms with van der Waals surface area (Å²) in [4.78, 5) is 1.38. The van der Waals surface area contributed by atoms with E-state index < -0.39 is 5.60 Å². The van der Waals surface area contributed by atoms with Crippen molar-refractivity contribution in [1.82, 2.24) is 5.32 Å². The van der Waals surface area contributed by atoms with Gasteiger partial charge in [0.25, 0.3) is 0 Å². The first-order chi connectivity index (χ1) is 9.50. The maximum atomic E-state index is 10.4. The predicted molar refractivity (Wildman–Crippen MR) is 88.5 cm³/mol. The highest BCUT2D eigenvalue weighted by Gasteiger charge is 2.23. The van der Waals surface area contributed by atoms with Crippen LogP contribution in [0.1, 0.15) is 50.1 Å². The molecule has 0 saturated heterocycles. The first kappa shape index (κ1) is 15.5. The van der Waals surface area contributed by atoms with E-state index in [0.29, 0.717) is 6.54 Å². The summed E-state index contributed by atoms with van der Waals surface area (Å²) in [6, 6.07) is 8.82. The van der Waals surface area contributed by atoms with Gasteiger partial charge in [-0.1, -0.05) is 32.0 Å². The van der Waals surface area contributed by atoms with Crippen molar-refractivity contribution < 1.29 is 5.11 Å². The minimum Gasteiger partial charge on any atom is -0.389 e. The van der Waals surface area contributed by atoms with Gasteiger partial charge in [0, 0.05) is 22.2 Å². The smallest absolute Gasteiger partial charge is 0.0766 e. The maximum absolute atomic E-state index is 10.4. The van der Waals surface area contributed by atoms with Crippen LogP contribution in [0.25, 0.3) is 10.1 Å². The van der Waals surface area contributed by atoms with Gasteiger partial charge in [0.2, 0.25) is 0 Å². The first-order valence-electron chi connectivity index (χ1n) is 7.44. The molecule has 0 spiro atoms. The van der Waals surface area contributed by atoms with E-state index in [1.165, 1.54) is 20.5 Å². The number of nitrogens with one attached hydrogen (secondary N) is 1. The van der Waals surface area contributed by atoms with Crippen LogP contribution >= 0.6 is 11.3 Å². The molecule has 2 rings (SSSR count). The number of fused-ring (bicyclic) bond motifs is 1. The Labute approximate surface area is 125 Å². The van der Waals surface area contributed by atoms with Gasteiger partial charge >= 0.3 is 0 Å². The van der Waals surface area contributed by atoms with Crippen LogP contribution in [0.3, 0.4) is 0 Å². The molecule has 110 valence electrons. The van der Waals surface area contributed by atoms with Crippen molar-refractivity contribution >= 4 is 21.4 Å². The van der Waals surface area contributed by atoms with Gasteiger partial charge in [-0.25, -0.2) is 0 Å². The minimum absolute atomic E-state index is 0.275. The monoisotopic (exact) mass is 291 g/mol. The number of aryl methyl sites for hydroxylation is 1. The van der Waals surface area contributed by atoms with E-state index in [4.69, 9.17) is 0 Å². The van der Waals surface area contributed by atoms with Gasteiger partial charge in [0.1, 0.15) is 0 Å². The van der Waals surface area contributed by atoms with Gasteiger partial charge in [-0.15, -0.1) is 11.3 Å². The fourth-order valence-electron chi connectivity index (χ4n) is 2.54. The lowest BCUT2D eigenvalue weighted by Gasteiger charge is -2.27. The van der Waals surface area contributed by atoms with Gasteiger partial charge in [-0.2, -0.15) is 0 Å². The van der Waals surface area contributed by atoms with Gasteiger partial charge in [-0.05, 0) is 43.7 Å². The molecule has 20 heavy (non-hydrogen) atoms. The van der Waals surface area contributed by atoms with Crippen LogP contribution in [-0.2, 0) is 0 Å². The van der Waals surface area contributed by atoms with Gasteiger partial charge in [0.15, 0.2) is 0 Å². The zero-order valence-corrected chi connectivity index (χ0v) is 13.7. The molecule has 1 heterocycles. The lowest BCUT2D eigenvalue weighted by Crippen LogP contribution is -2.40. The molecule has 0 aliphatic carbocycles. The van der Waals surface area contributed by atoms with E-state index in [0.717, 1.165) is 12.8 Å². The molecule has 0 aliphatic heterocycles. The Balaban J connectivity index is 2.15. The summed E-state index contributed by atoms with van der Waals surface area (Å²) in [6.45, 7) is 9.11. The van der Waals surface area contributed by atoms with Crippen molar-refractivity contribution in [2.75, 3.05) is 6.54 Å². The maximum Gasteiger partial charge on any atom is 0.0766 e. The van der Waals surface area contributed by atoms with E-state index in [9.17, 15) is 5.11 Å². The second kappa shape index (κ2) is 6.25. The summed E-state index contributed by atoms with van der Waals surface area (Å²) in [5, 5.41) is 15.2. The number of rotatable bonds is 6. The van der Waals surface area contributed by atoms with E-state index in [1.807, 2.05) is 25.2 Å².